The van der Waals surface area contributed by atoms with Crippen LogP contribution in [0.3, 0.4) is 0 Å². The molecule has 1 aromatic heterocycles. The number of fused-ring (bicyclic) bond motifs is 1. The van der Waals surface area contributed by atoms with E-state index >= 15 is 0 Å². The number of halogens is 1. The van der Waals surface area contributed by atoms with Crippen LogP contribution in [0, 0.1) is 22.7 Å². The van der Waals surface area contributed by atoms with Crippen molar-refractivity contribution in [3.8, 4) is 12.1 Å². The van der Waals surface area contributed by atoms with Gasteiger partial charge in [-0.15, -0.1) is 0 Å². The van der Waals surface area contributed by atoms with Gasteiger partial charge in [-0.25, -0.2) is 4.98 Å². The van der Waals surface area contributed by atoms with E-state index in [1.54, 1.807) is 17.0 Å². The zero-order chi connectivity index (χ0) is 16.7. The molecule has 0 radical (unpaired) electrons. The van der Waals surface area contributed by atoms with Crippen LogP contribution in [0.15, 0.2) is 23.4 Å². The zero-order valence-electron chi connectivity index (χ0n) is 12.3. The van der Waals surface area contributed by atoms with Crippen LogP contribution >= 0.6 is 23.4 Å². The van der Waals surface area contributed by atoms with Gasteiger partial charge in [0.05, 0.1) is 41.8 Å². The van der Waals surface area contributed by atoms with Crippen molar-refractivity contribution in [2.24, 2.45) is 0 Å². The minimum absolute atomic E-state index is 0.112. The van der Waals surface area contributed by atoms with Crippen molar-refractivity contribution in [2.75, 3.05) is 18.8 Å². The number of nitriles is 2. The maximum Gasteiger partial charge on any atom is 0.233 e. The van der Waals surface area contributed by atoms with Crippen molar-refractivity contribution in [1.29, 1.82) is 10.5 Å². The van der Waals surface area contributed by atoms with Crippen molar-refractivity contribution >= 4 is 40.3 Å². The number of carbonyl (C=O) groups excluding carboxylic acids is 1. The Labute approximate surface area is 143 Å². The van der Waals surface area contributed by atoms with Gasteiger partial charge in [-0.1, -0.05) is 23.4 Å². The van der Waals surface area contributed by atoms with E-state index in [2.05, 4.69) is 9.97 Å². The van der Waals surface area contributed by atoms with Gasteiger partial charge in [0.2, 0.25) is 5.91 Å². The number of amides is 1. The molecule has 1 heterocycles. The van der Waals surface area contributed by atoms with Gasteiger partial charge < -0.3 is 9.88 Å². The number of nitrogens with one attached hydrogen (secondary N) is 1. The van der Waals surface area contributed by atoms with E-state index in [-0.39, 0.29) is 24.5 Å². The first-order valence-electron chi connectivity index (χ1n) is 6.94. The molecule has 0 unspecified atom stereocenters. The fraction of sp³-hybridized carbons (Fsp3) is 0.333. The van der Waals surface area contributed by atoms with Crippen molar-refractivity contribution in [1.82, 2.24) is 14.9 Å². The number of thioether (sulfide) groups is 1. The molecular formula is C15H14ClN5OS. The van der Waals surface area contributed by atoms with Gasteiger partial charge in [0, 0.05) is 18.1 Å². The molecule has 1 N–H and O–H groups in total. The molecule has 0 fully saturated rings. The number of aromatic amines is 1. The van der Waals surface area contributed by atoms with Crippen LogP contribution in [0.1, 0.15) is 12.8 Å². The predicted octanol–water partition coefficient (Wildman–Crippen LogP) is 2.96. The van der Waals surface area contributed by atoms with Crippen molar-refractivity contribution in [3.63, 3.8) is 0 Å². The van der Waals surface area contributed by atoms with Gasteiger partial charge in [0.15, 0.2) is 5.16 Å². The van der Waals surface area contributed by atoms with Crippen LogP contribution in [0.2, 0.25) is 5.02 Å². The second-order valence-electron chi connectivity index (χ2n) is 4.69. The lowest BCUT2D eigenvalue weighted by molar-refractivity contribution is -0.128. The highest BCUT2D eigenvalue weighted by Gasteiger charge is 2.14. The molecule has 0 aliphatic heterocycles. The van der Waals surface area contributed by atoms with Gasteiger partial charge in [0.25, 0.3) is 0 Å². The molecule has 0 atom stereocenters. The second kappa shape index (κ2) is 8.42. The highest BCUT2D eigenvalue weighted by molar-refractivity contribution is 7.99. The Bertz CT molecular complexity index is 758. The summed E-state index contributed by atoms with van der Waals surface area (Å²) in [6.07, 6.45) is 0.510. The zero-order valence-corrected chi connectivity index (χ0v) is 13.8. The summed E-state index contributed by atoms with van der Waals surface area (Å²) < 4.78 is 0. The first kappa shape index (κ1) is 17.1. The lowest BCUT2D eigenvalue weighted by Gasteiger charge is -2.19. The van der Waals surface area contributed by atoms with E-state index in [4.69, 9.17) is 22.1 Å². The Morgan fingerprint density at radius 1 is 1.30 bits per heavy atom. The minimum atomic E-state index is -0.112. The molecule has 23 heavy (non-hydrogen) atoms. The second-order valence-corrected chi connectivity index (χ2v) is 6.09. The van der Waals surface area contributed by atoms with E-state index in [0.717, 1.165) is 11.0 Å². The number of imidazole rings is 1. The minimum Gasteiger partial charge on any atom is -0.340 e. The fourth-order valence-electron chi connectivity index (χ4n) is 1.98. The van der Waals surface area contributed by atoms with E-state index in [1.807, 2.05) is 18.2 Å². The Hall–Kier alpha value is -2.22. The quantitative estimate of drug-likeness (QED) is 0.776. The number of nitrogens with zero attached hydrogens (tertiary/aromatic N) is 4. The summed E-state index contributed by atoms with van der Waals surface area (Å²) in [5, 5.41) is 18.6. The number of hydrogen-bond acceptors (Lipinski definition) is 5. The molecule has 0 aliphatic rings. The summed E-state index contributed by atoms with van der Waals surface area (Å²) in [6, 6.07) is 9.37. The van der Waals surface area contributed by atoms with Crippen LogP contribution < -0.4 is 0 Å². The van der Waals surface area contributed by atoms with Crippen molar-refractivity contribution in [3.05, 3.63) is 23.2 Å². The summed E-state index contributed by atoms with van der Waals surface area (Å²) in [7, 11) is 0. The van der Waals surface area contributed by atoms with Gasteiger partial charge in [-0.3, -0.25) is 4.79 Å². The number of carbonyl (C=O) groups is 1. The standard InChI is InChI=1S/C15H14ClN5OS/c16-11-3-4-12-13(9-11)20-15(19-12)23-10-14(22)21(7-1-5-17)8-2-6-18/h3-4,9H,1-2,7-8,10H2,(H,19,20). The van der Waals surface area contributed by atoms with E-state index in [9.17, 15) is 4.79 Å². The lowest BCUT2D eigenvalue weighted by atomic mass is 10.3. The van der Waals surface area contributed by atoms with Crippen molar-refractivity contribution < 1.29 is 4.79 Å². The molecule has 1 aromatic carbocycles. The largest absolute Gasteiger partial charge is 0.340 e. The molecular weight excluding hydrogens is 334 g/mol. The summed E-state index contributed by atoms with van der Waals surface area (Å²) in [5.41, 5.74) is 1.61. The van der Waals surface area contributed by atoms with E-state index in [1.165, 1.54) is 11.8 Å². The maximum absolute atomic E-state index is 12.2. The summed E-state index contributed by atoms with van der Waals surface area (Å²) in [4.78, 5) is 21.3. The Kier molecular flexibility index (Phi) is 6.28. The molecule has 8 heteroatoms. The molecule has 0 saturated carbocycles. The summed E-state index contributed by atoms with van der Waals surface area (Å²) in [5.74, 6) is 0.0868. The molecule has 1 amide bonds. The third-order valence-electron chi connectivity index (χ3n) is 3.09. The van der Waals surface area contributed by atoms with Gasteiger partial charge in [-0.2, -0.15) is 10.5 Å². The number of aromatic nitrogens is 2. The smallest absolute Gasteiger partial charge is 0.233 e. The summed E-state index contributed by atoms with van der Waals surface area (Å²) >= 11 is 7.21. The maximum atomic E-state index is 12.2. The topological polar surface area (TPSA) is 96.6 Å². The van der Waals surface area contributed by atoms with Gasteiger partial charge >= 0.3 is 0 Å². The highest BCUT2D eigenvalue weighted by Crippen LogP contribution is 2.22. The molecule has 0 saturated heterocycles. The van der Waals surface area contributed by atoms with Gasteiger partial charge in [0.1, 0.15) is 0 Å². The molecule has 0 spiro atoms. The van der Waals surface area contributed by atoms with Crippen LogP contribution in [0.25, 0.3) is 11.0 Å². The van der Waals surface area contributed by atoms with Crippen LogP contribution in [0.4, 0.5) is 0 Å². The third-order valence-corrected chi connectivity index (χ3v) is 4.19. The van der Waals surface area contributed by atoms with Crippen LogP contribution in [-0.4, -0.2) is 39.6 Å². The van der Waals surface area contributed by atoms with Crippen LogP contribution in [-0.2, 0) is 4.79 Å². The Morgan fingerprint density at radius 2 is 2.00 bits per heavy atom. The molecule has 0 bridgehead atoms. The molecule has 0 aliphatic carbocycles. The van der Waals surface area contributed by atoms with Crippen LogP contribution in [0.5, 0.6) is 0 Å². The monoisotopic (exact) mass is 347 g/mol. The molecule has 118 valence electrons. The number of rotatable bonds is 7. The SMILES string of the molecule is N#CCCN(CCC#N)C(=O)CSc1nc2ccc(Cl)cc2[nH]1. The first-order chi connectivity index (χ1) is 11.1. The average Bonchev–Trinajstić information content (AvgIpc) is 2.94. The van der Waals surface area contributed by atoms with Gasteiger partial charge in [-0.05, 0) is 18.2 Å². The Morgan fingerprint density at radius 3 is 2.65 bits per heavy atom. The number of benzene rings is 1. The van der Waals surface area contributed by atoms with E-state index in [0.29, 0.717) is 23.3 Å². The Balaban J connectivity index is 1.97. The third kappa shape index (κ3) is 4.88. The average molecular weight is 348 g/mol. The van der Waals surface area contributed by atoms with E-state index < -0.39 is 0 Å². The molecule has 6 nitrogen and oxygen atoms in total. The number of H-pyrrole nitrogens is 1. The normalized spacial score (nSPS) is 10.2. The molecule has 2 aromatic rings. The first-order valence-corrected chi connectivity index (χ1v) is 8.30. The van der Waals surface area contributed by atoms with Crippen molar-refractivity contribution in [2.45, 2.75) is 18.0 Å². The fourth-order valence-corrected chi connectivity index (χ4v) is 2.94. The summed E-state index contributed by atoms with van der Waals surface area (Å²) in [6.45, 7) is 0.681. The number of hydrogen-bond donors (Lipinski definition) is 1. The lowest BCUT2D eigenvalue weighted by Crippen LogP contribution is -2.34. The predicted molar refractivity (Wildman–Crippen MR) is 88.9 cm³/mol. The molecule has 2 rings (SSSR count). The highest BCUT2D eigenvalue weighted by atomic mass is 35.5.